The van der Waals surface area contributed by atoms with E-state index in [0.717, 1.165) is 42.2 Å². The van der Waals surface area contributed by atoms with Gasteiger partial charge in [-0.3, -0.25) is 33.0 Å². The second kappa shape index (κ2) is 48.1. The Morgan fingerprint density at radius 2 is 0.655 bits per heavy atom. The van der Waals surface area contributed by atoms with E-state index in [2.05, 4.69) is 174 Å². The molecule has 760 valence electrons. The number of nitrogens with one attached hydrogen (secondary N) is 5. The standard InChI is InChI=1S/C18H13N5O7S2.C13H11N5O9S3.C13H9N5O9S2.C13H11N5O7S3.C12H9N5O7S2/c24-16-14(32(26,27)28)9-11-8-12(31-30-29-25)6-7-13(11)15(16)20-22-18-19-17(21-23-18)10-4-2-1-3-5-10;1-29(21,22)13-14-12(17-18-13)16-15-10-8-3-2-7(28-27-26-20)4-6(8)5-9(11(10)19)30(23,24)25;19-10-8(29(23,24)25)4-5-3-6(28-27-26-22)1-2-7(5)9(10)15-17-13-14-11(12(20)21)16-18-13;1-26-13-14-12(17-18-13)16-15-10-8-3-2-7(27-25-24-20)4-6(8)5-9(11(10)19)28(21,22)23;18-11-9(26(20,21)22)4-6-3-7(25-24-23-19)1-2-8(6)10(11)15-17-12-13-5-14-16-12/h1-9,24-25H,(H,19,21,23)(H,26,27,28);2-5,19-20H,1H3,(H,14,17,18)(H,23,24,25);1-4,19,22H,(H,20,21)(H,14,16,18)(H,23,24,25);2-5,19-20H,1H3,(H,14,17,18)(H,21,22,23);1-5,18-19H,(H,13,14,16)(H,20,21,22). The number of rotatable bonds is 34. The van der Waals surface area contributed by atoms with Crippen molar-refractivity contribution in [3.05, 3.63) is 164 Å². The van der Waals surface area contributed by atoms with Gasteiger partial charge in [-0.15, -0.1) is 93.2 Å². The van der Waals surface area contributed by atoms with E-state index >= 15 is 0 Å². The molecule has 0 aliphatic rings. The maximum atomic E-state index is 11.8. The highest BCUT2D eigenvalue weighted by atomic mass is 32.2. The van der Waals surface area contributed by atoms with Crippen molar-refractivity contribution in [2.24, 2.45) is 51.1 Å². The molecule has 0 unspecified atom stereocenters. The number of nitrogens with zero attached hydrogens (tertiary/aromatic N) is 20. The molecule has 64 nitrogen and oxygen atoms in total. The van der Waals surface area contributed by atoms with Crippen molar-refractivity contribution in [1.29, 1.82) is 0 Å². The Kier molecular flexibility index (Phi) is 36.4. The van der Waals surface area contributed by atoms with Gasteiger partial charge in [0.25, 0.3) is 80.3 Å². The third kappa shape index (κ3) is 28.5. The SMILES string of the molecule is CS(=O)(=O)c1nc(N=Nc2c(O)c(S(=O)(=O)O)cc3cc(SOOO)ccc23)n[nH]1.CSc1n[nH]c(N=Nc2c(O)c(S(=O)(=O)O)cc3cc(SOOO)ccc23)n1.O=C(O)c1nc(N=Nc2c(O)c(S(=O)(=O)O)cc3cc(SOOO)ccc23)n[nH]1.O=S(=O)(O)c1cc2cc(SOOO)ccc2c(N=Nc2n[nH]c(-c3ccccc3)n2)c1O.O=S(=O)(O)c1cc2cc(SOOO)ccc2c(N=Nc2ncn[nH]2)c1O. The van der Waals surface area contributed by atoms with Crippen molar-refractivity contribution in [1.82, 2.24) is 75.9 Å². The lowest BCUT2D eigenvalue weighted by molar-refractivity contribution is -0.432. The van der Waals surface area contributed by atoms with E-state index in [1.54, 1.807) is 6.26 Å². The summed E-state index contributed by atoms with van der Waals surface area (Å²) in [6, 6.07) is 36.3. The Morgan fingerprint density at radius 3 is 0.938 bits per heavy atom. The predicted octanol–water partition coefficient (Wildman–Crippen LogP) is 15.3. The average Bonchev–Trinajstić information content (AvgIpc) is 1.00. The molecule has 5 aromatic heterocycles. The fraction of sp³-hybridized carbons (Fsp3) is 0.0290. The van der Waals surface area contributed by atoms with Crippen LogP contribution < -0.4 is 0 Å². The van der Waals surface area contributed by atoms with Crippen molar-refractivity contribution in [3.8, 4) is 40.1 Å². The van der Waals surface area contributed by atoms with Gasteiger partial charge < -0.3 is 30.6 Å². The van der Waals surface area contributed by atoms with Gasteiger partial charge in [-0.25, -0.2) is 54.8 Å². The zero-order valence-electron chi connectivity index (χ0n) is 70.4. The van der Waals surface area contributed by atoms with E-state index < -0.39 is 142 Å². The maximum absolute atomic E-state index is 11.8. The first-order valence-corrected chi connectivity index (χ1v) is 51.1. The molecule has 16 rings (SSSR count). The first kappa shape index (κ1) is 110. The van der Waals surface area contributed by atoms with Gasteiger partial charge in [-0.1, -0.05) is 97.6 Å². The number of fused-ring (bicyclic) bond motifs is 5. The van der Waals surface area contributed by atoms with Crippen LogP contribution in [0.2, 0.25) is 0 Å². The molecule has 21 N–H and O–H groups in total. The van der Waals surface area contributed by atoms with E-state index in [1.807, 2.05) is 30.3 Å². The molecule has 0 saturated carbocycles. The topological polar surface area (TPSA) is 969 Å². The molecule has 0 radical (unpaired) electrons. The van der Waals surface area contributed by atoms with E-state index in [-0.39, 0.29) is 84.0 Å². The van der Waals surface area contributed by atoms with Crippen LogP contribution in [0, 0.1) is 0 Å². The van der Waals surface area contributed by atoms with Gasteiger partial charge in [-0.05, 0) is 124 Å². The number of hydrogen-bond donors (Lipinski definition) is 21. The zero-order chi connectivity index (χ0) is 105. The van der Waals surface area contributed by atoms with Crippen molar-refractivity contribution in [2.45, 2.75) is 59.3 Å². The summed E-state index contributed by atoms with van der Waals surface area (Å²) >= 11 is 4.40. The molecule has 145 heavy (non-hydrogen) atoms. The largest absolute Gasteiger partial charge is 0.504 e. The summed E-state index contributed by atoms with van der Waals surface area (Å²) < 4.78 is 208. The van der Waals surface area contributed by atoms with E-state index in [9.17, 15) is 104 Å². The number of carboxylic acids is 1. The number of carboxylic acid groups (broad SMARTS) is 1. The number of aromatic nitrogens is 15. The van der Waals surface area contributed by atoms with Crippen molar-refractivity contribution >= 4 is 250 Å². The molecule has 11 aromatic carbocycles. The van der Waals surface area contributed by atoms with E-state index in [4.69, 9.17) is 31.4 Å². The second-order valence-electron chi connectivity index (χ2n) is 26.6. The summed E-state index contributed by atoms with van der Waals surface area (Å²) in [5.41, 5.74) is -0.584. The van der Waals surface area contributed by atoms with Crippen LogP contribution in [-0.4, -0.2) is 225 Å². The molecule has 0 fully saturated rings. The fourth-order valence-electron chi connectivity index (χ4n) is 11.6. The number of phenols is 5. The van der Waals surface area contributed by atoms with Crippen molar-refractivity contribution in [3.63, 3.8) is 0 Å². The Hall–Kier alpha value is -14.1. The number of aromatic carboxylic acids is 1. The molecule has 0 aliphatic carbocycles. The average molecular weight is 2240 g/mol. The monoisotopic (exact) mass is 2240 g/mol. The van der Waals surface area contributed by atoms with Gasteiger partial charge in [0.05, 0.1) is 60.2 Å². The molecule has 0 bridgehead atoms. The summed E-state index contributed by atoms with van der Waals surface area (Å²) in [4.78, 5) is 27.9. The summed E-state index contributed by atoms with van der Waals surface area (Å²) in [7, 11) is -27.6. The number of hydrogen-bond acceptors (Lipinski definition) is 59. The smallest absolute Gasteiger partial charge is 0.373 e. The minimum Gasteiger partial charge on any atom is -0.504 e. The van der Waals surface area contributed by atoms with Crippen LogP contribution >= 0.6 is 72.0 Å². The molecule has 0 spiro atoms. The Bertz CT molecular complexity index is 8460. The molecular formula is C69H53N25O39S12. The number of carbonyl (C=O) groups is 1. The summed E-state index contributed by atoms with van der Waals surface area (Å²) in [5, 5.41) is 190. The molecule has 76 heteroatoms. The predicted molar refractivity (Wildman–Crippen MR) is 490 cm³/mol. The lowest BCUT2D eigenvalue weighted by Crippen LogP contribution is -1.99. The molecular weight excluding hydrogens is 2190 g/mol. The molecule has 0 saturated heterocycles. The molecule has 5 heterocycles. The molecule has 0 aliphatic heterocycles. The van der Waals surface area contributed by atoms with Gasteiger partial charge in [0.1, 0.15) is 59.2 Å². The van der Waals surface area contributed by atoms with Crippen LogP contribution in [0.25, 0.3) is 65.3 Å². The highest BCUT2D eigenvalue weighted by Crippen LogP contribution is 2.49. The quantitative estimate of drug-likeness (QED) is 0.00445. The minimum absolute atomic E-state index is 0.0236. The first-order valence-electron chi connectivity index (χ1n) is 37.1. The lowest BCUT2D eigenvalue weighted by atomic mass is 10.1. The van der Waals surface area contributed by atoms with Gasteiger partial charge in [0.15, 0.2) is 34.6 Å². The fourth-order valence-corrected chi connectivity index (χ4v) is 17.5. The Balaban J connectivity index is 0.000000162. The van der Waals surface area contributed by atoms with Crippen LogP contribution in [0.4, 0.5) is 58.2 Å². The van der Waals surface area contributed by atoms with Crippen LogP contribution in [0.1, 0.15) is 10.6 Å². The van der Waals surface area contributed by atoms with Gasteiger partial charge >= 0.3 is 5.97 Å². The zero-order valence-corrected chi connectivity index (χ0v) is 80.2. The van der Waals surface area contributed by atoms with Crippen LogP contribution in [0.3, 0.4) is 0 Å². The molecule has 0 atom stereocenters. The third-order valence-corrected chi connectivity index (χ3v) is 26.2. The summed E-state index contributed by atoms with van der Waals surface area (Å²) in [5.74, 6) is -6.40. The Morgan fingerprint density at radius 1 is 0.345 bits per heavy atom. The second-order valence-corrected chi connectivity index (χ2v) is 40.1. The number of H-pyrrole nitrogens is 5. The van der Waals surface area contributed by atoms with Gasteiger partial charge in [-0.2, -0.15) is 72.1 Å². The maximum Gasteiger partial charge on any atom is 0.373 e. The lowest BCUT2D eigenvalue weighted by Gasteiger charge is -2.09. The van der Waals surface area contributed by atoms with Crippen LogP contribution in [0.5, 0.6) is 28.7 Å². The first-order chi connectivity index (χ1) is 68.8. The molecule has 16 aromatic rings. The van der Waals surface area contributed by atoms with Crippen LogP contribution in [0.15, 0.2) is 268 Å². The normalized spacial score (nSPS) is 12.3. The minimum atomic E-state index is -4.85. The van der Waals surface area contributed by atoms with Crippen LogP contribution in [-0.2, 0) is 107 Å². The van der Waals surface area contributed by atoms with Crippen molar-refractivity contribution < 1.29 is 182 Å². The van der Waals surface area contributed by atoms with Crippen molar-refractivity contribution in [2.75, 3.05) is 12.5 Å². The van der Waals surface area contributed by atoms with Gasteiger partial charge in [0.2, 0.25) is 26.0 Å². The number of thioether (sulfide) groups is 1. The number of phenolic OH excluding ortho intramolecular Hbond substituents is 5. The molecule has 0 amide bonds. The number of azo groups is 5. The van der Waals surface area contributed by atoms with Gasteiger partial charge in [0, 0.05) is 63.2 Å². The van der Waals surface area contributed by atoms with E-state index in [0.29, 0.717) is 112 Å². The highest BCUT2D eigenvalue weighted by molar-refractivity contribution is 7.98. The number of aromatic hydroxyl groups is 5. The Labute approximate surface area is 829 Å². The number of sulfone groups is 1. The summed E-state index contributed by atoms with van der Waals surface area (Å²) in [6.07, 6.45) is 3.85. The highest BCUT2D eigenvalue weighted by Gasteiger charge is 2.30. The number of benzene rings is 11. The van der Waals surface area contributed by atoms with E-state index in [1.165, 1.54) is 109 Å². The number of aromatic amines is 5. The summed E-state index contributed by atoms with van der Waals surface area (Å²) in [6.45, 7) is 0. The third-order valence-electron chi connectivity index (χ3n) is 17.6.